The van der Waals surface area contributed by atoms with Crippen molar-refractivity contribution in [1.29, 1.82) is 0 Å². The van der Waals surface area contributed by atoms with Gasteiger partial charge in [-0.05, 0) is 39.2 Å². The van der Waals surface area contributed by atoms with Crippen molar-refractivity contribution in [3.63, 3.8) is 0 Å². The van der Waals surface area contributed by atoms with Crippen LogP contribution in [0.1, 0.15) is 39.2 Å². The zero-order valence-electron chi connectivity index (χ0n) is 17.9. The number of piperidine rings is 1. The number of hydrogen-bond acceptors (Lipinski definition) is 7. The molecule has 0 spiro atoms. The van der Waals surface area contributed by atoms with E-state index in [-0.39, 0.29) is 18.2 Å². The smallest absolute Gasteiger partial charge is 0.407 e. The normalized spacial score (nSPS) is 32.5. The van der Waals surface area contributed by atoms with Crippen molar-refractivity contribution in [3.05, 3.63) is 35.9 Å². The standard InChI is InChI=1S/C22H32N2O6/c1-21(2)29-18-17(25)16(28-19(18)30-21)13-24-11-9-22(3,10-12-24)23-20(26)27-14-15-7-5-4-6-8-15/h4-8,16-19,25H,9-14H2,1-3H3,(H,23,26)/t16-,17+,18-,19-/m1/s1. The van der Waals surface area contributed by atoms with Gasteiger partial charge in [0.15, 0.2) is 12.1 Å². The maximum absolute atomic E-state index is 12.2. The number of nitrogens with one attached hydrogen (secondary N) is 1. The zero-order valence-corrected chi connectivity index (χ0v) is 17.9. The second-order valence-corrected chi connectivity index (χ2v) is 9.18. The van der Waals surface area contributed by atoms with Gasteiger partial charge < -0.3 is 34.3 Å². The van der Waals surface area contributed by atoms with Crippen LogP contribution in [0.4, 0.5) is 4.79 Å². The summed E-state index contributed by atoms with van der Waals surface area (Å²) in [6, 6.07) is 9.63. The molecular weight excluding hydrogens is 388 g/mol. The van der Waals surface area contributed by atoms with Crippen LogP contribution in [0.25, 0.3) is 0 Å². The van der Waals surface area contributed by atoms with Gasteiger partial charge >= 0.3 is 6.09 Å². The summed E-state index contributed by atoms with van der Waals surface area (Å²) in [5, 5.41) is 13.6. The maximum Gasteiger partial charge on any atom is 0.407 e. The molecule has 1 aromatic rings. The third-order valence-electron chi connectivity index (χ3n) is 6.13. The first kappa shape index (κ1) is 21.5. The number of aliphatic hydroxyl groups excluding tert-OH is 1. The van der Waals surface area contributed by atoms with E-state index in [9.17, 15) is 9.90 Å². The Morgan fingerprint density at radius 3 is 2.57 bits per heavy atom. The van der Waals surface area contributed by atoms with Crippen molar-refractivity contribution < 1.29 is 28.8 Å². The SMILES string of the molecule is CC1(NC(=O)OCc2ccccc2)CCN(C[C@H]2O[C@@H]3OC(C)(C)O[C@@H]3[C@H]2O)CC1. The predicted molar refractivity (Wildman–Crippen MR) is 109 cm³/mol. The minimum atomic E-state index is -0.727. The van der Waals surface area contributed by atoms with Crippen molar-refractivity contribution in [2.45, 2.75) is 76.1 Å². The topological polar surface area (TPSA) is 89.5 Å². The molecule has 4 atom stereocenters. The number of benzene rings is 1. The van der Waals surface area contributed by atoms with Crippen LogP contribution in [0, 0.1) is 0 Å². The zero-order chi connectivity index (χ0) is 21.4. The summed E-state index contributed by atoms with van der Waals surface area (Å²) in [6.45, 7) is 8.14. The van der Waals surface area contributed by atoms with Crippen LogP contribution in [-0.2, 0) is 25.6 Å². The van der Waals surface area contributed by atoms with Crippen molar-refractivity contribution in [3.8, 4) is 0 Å². The first-order valence-electron chi connectivity index (χ1n) is 10.6. The number of aliphatic hydroxyl groups is 1. The van der Waals surface area contributed by atoms with Crippen LogP contribution < -0.4 is 5.32 Å². The Morgan fingerprint density at radius 2 is 1.90 bits per heavy atom. The number of hydrogen-bond donors (Lipinski definition) is 2. The quantitative estimate of drug-likeness (QED) is 0.753. The summed E-state index contributed by atoms with van der Waals surface area (Å²) in [5.41, 5.74) is 0.649. The molecule has 8 heteroatoms. The van der Waals surface area contributed by atoms with Gasteiger partial charge in [0.05, 0.1) is 0 Å². The lowest BCUT2D eigenvalue weighted by atomic mass is 9.89. The Bertz CT molecular complexity index is 734. The number of carbonyl (C=O) groups is 1. The van der Waals surface area contributed by atoms with Gasteiger partial charge in [-0.1, -0.05) is 30.3 Å². The molecule has 8 nitrogen and oxygen atoms in total. The van der Waals surface area contributed by atoms with E-state index in [1.54, 1.807) is 0 Å². The van der Waals surface area contributed by atoms with E-state index in [0.717, 1.165) is 31.5 Å². The second kappa shape index (κ2) is 8.43. The van der Waals surface area contributed by atoms with Crippen molar-refractivity contribution in [1.82, 2.24) is 10.2 Å². The summed E-state index contributed by atoms with van der Waals surface area (Å²) in [6.07, 6.45) is -0.821. The lowest BCUT2D eigenvalue weighted by molar-refractivity contribution is -0.216. The fourth-order valence-electron chi connectivity index (χ4n) is 4.32. The molecular formula is C22H32N2O6. The number of carbonyl (C=O) groups excluding carboxylic acids is 1. The van der Waals surface area contributed by atoms with E-state index in [1.165, 1.54) is 0 Å². The molecule has 0 radical (unpaired) electrons. The summed E-state index contributed by atoms with van der Waals surface area (Å²) in [5.74, 6) is -0.727. The van der Waals surface area contributed by atoms with Gasteiger partial charge in [-0.3, -0.25) is 0 Å². The fourth-order valence-corrected chi connectivity index (χ4v) is 4.32. The molecule has 0 unspecified atom stereocenters. The van der Waals surface area contributed by atoms with Gasteiger partial charge in [-0.25, -0.2) is 4.79 Å². The number of amides is 1. The number of fused-ring (bicyclic) bond motifs is 1. The number of ether oxygens (including phenoxy) is 4. The largest absolute Gasteiger partial charge is 0.445 e. The molecule has 4 rings (SSSR count). The molecule has 3 heterocycles. The Balaban J connectivity index is 1.20. The lowest BCUT2D eigenvalue weighted by Crippen LogP contribution is -2.55. The van der Waals surface area contributed by atoms with E-state index in [0.29, 0.717) is 6.54 Å². The van der Waals surface area contributed by atoms with E-state index >= 15 is 0 Å². The third-order valence-corrected chi connectivity index (χ3v) is 6.13. The average Bonchev–Trinajstić information content (AvgIpc) is 3.15. The van der Waals surface area contributed by atoms with Crippen LogP contribution in [-0.4, -0.2) is 71.7 Å². The molecule has 1 aromatic carbocycles. The highest BCUT2D eigenvalue weighted by Gasteiger charge is 2.54. The molecule has 3 aliphatic rings. The lowest BCUT2D eigenvalue weighted by Gasteiger charge is -2.40. The van der Waals surface area contributed by atoms with E-state index in [4.69, 9.17) is 18.9 Å². The van der Waals surface area contributed by atoms with Crippen molar-refractivity contribution >= 4 is 6.09 Å². The number of likely N-dealkylation sites (tertiary alicyclic amines) is 1. The molecule has 0 saturated carbocycles. The summed E-state index contributed by atoms with van der Waals surface area (Å²) < 4.78 is 22.7. The average molecular weight is 421 g/mol. The molecule has 0 bridgehead atoms. The van der Waals surface area contributed by atoms with Crippen LogP contribution in [0.5, 0.6) is 0 Å². The highest BCUT2D eigenvalue weighted by atomic mass is 16.8. The van der Waals surface area contributed by atoms with Gasteiger partial charge in [-0.2, -0.15) is 0 Å². The van der Waals surface area contributed by atoms with Crippen molar-refractivity contribution in [2.75, 3.05) is 19.6 Å². The van der Waals surface area contributed by atoms with E-state index in [1.807, 2.05) is 51.1 Å². The maximum atomic E-state index is 12.2. The monoisotopic (exact) mass is 420 g/mol. The highest BCUT2D eigenvalue weighted by molar-refractivity contribution is 5.68. The minimum absolute atomic E-state index is 0.259. The summed E-state index contributed by atoms with van der Waals surface area (Å²) >= 11 is 0. The van der Waals surface area contributed by atoms with E-state index < -0.39 is 30.4 Å². The summed E-state index contributed by atoms with van der Waals surface area (Å²) in [4.78, 5) is 14.5. The first-order valence-corrected chi connectivity index (χ1v) is 10.6. The van der Waals surface area contributed by atoms with Crippen LogP contribution >= 0.6 is 0 Å². The highest BCUT2D eigenvalue weighted by Crippen LogP contribution is 2.37. The first-order chi connectivity index (χ1) is 14.2. The molecule has 0 aliphatic carbocycles. The second-order valence-electron chi connectivity index (χ2n) is 9.18. The van der Waals surface area contributed by atoms with Crippen molar-refractivity contribution in [2.24, 2.45) is 0 Å². The molecule has 3 fully saturated rings. The number of alkyl carbamates (subject to hydrolysis) is 1. The minimum Gasteiger partial charge on any atom is -0.445 e. The molecule has 3 saturated heterocycles. The van der Waals surface area contributed by atoms with Gasteiger partial charge in [0.2, 0.25) is 0 Å². The molecule has 3 aliphatic heterocycles. The summed E-state index contributed by atoms with van der Waals surface area (Å²) in [7, 11) is 0. The van der Waals surface area contributed by atoms with E-state index in [2.05, 4.69) is 10.2 Å². The van der Waals surface area contributed by atoms with Crippen LogP contribution in [0.2, 0.25) is 0 Å². The predicted octanol–water partition coefficient (Wildman–Crippen LogP) is 2.00. The van der Waals surface area contributed by atoms with Gasteiger partial charge in [-0.15, -0.1) is 0 Å². The molecule has 30 heavy (non-hydrogen) atoms. The molecule has 1 amide bonds. The number of nitrogens with zero attached hydrogens (tertiary/aromatic N) is 1. The Morgan fingerprint density at radius 1 is 1.20 bits per heavy atom. The Hall–Kier alpha value is -1.71. The van der Waals surface area contributed by atoms with Gasteiger partial charge in [0.1, 0.15) is 24.9 Å². The molecule has 166 valence electrons. The molecule has 0 aromatic heterocycles. The fraction of sp³-hybridized carbons (Fsp3) is 0.682. The van der Waals surface area contributed by atoms with Crippen LogP contribution in [0.15, 0.2) is 30.3 Å². The molecule has 2 N–H and O–H groups in total. The van der Waals surface area contributed by atoms with Crippen LogP contribution in [0.3, 0.4) is 0 Å². The Labute approximate surface area is 177 Å². The number of rotatable bonds is 5. The third kappa shape index (κ3) is 4.95. The Kier molecular flexibility index (Phi) is 6.05. The van der Waals surface area contributed by atoms with Gasteiger partial charge in [0, 0.05) is 25.2 Å². The van der Waals surface area contributed by atoms with Gasteiger partial charge in [0.25, 0.3) is 0 Å².